The number of aliphatic hydroxyl groups excluding tert-OH is 1. The van der Waals surface area contributed by atoms with E-state index >= 15 is 0 Å². The molecule has 1 fully saturated rings. The summed E-state index contributed by atoms with van der Waals surface area (Å²) >= 11 is 0. The molecule has 0 aromatic carbocycles. The molecule has 1 unspecified atom stereocenters. The first-order valence-electron chi connectivity index (χ1n) is 7.41. The number of nitrogens with zero attached hydrogens (tertiary/aromatic N) is 2. The lowest BCUT2D eigenvalue weighted by atomic mass is 9.92. The first-order valence-corrected chi connectivity index (χ1v) is 7.41. The van der Waals surface area contributed by atoms with Gasteiger partial charge in [0.15, 0.2) is 0 Å². The van der Waals surface area contributed by atoms with Gasteiger partial charge in [-0.2, -0.15) is 5.10 Å². The molecule has 0 radical (unpaired) electrons. The van der Waals surface area contributed by atoms with Gasteiger partial charge in [0, 0.05) is 30.3 Å². The van der Waals surface area contributed by atoms with Crippen molar-refractivity contribution in [2.45, 2.75) is 57.9 Å². The van der Waals surface area contributed by atoms with Crippen LogP contribution in [0.3, 0.4) is 0 Å². The number of carbonyl (C=O) groups is 1. The Hall–Kier alpha value is -1.36. The maximum absolute atomic E-state index is 12.6. The quantitative estimate of drug-likeness (QED) is 0.890. The summed E-state index contributed by atoms with van der Waals surface area (Å²) < 4.78 is 0. The Kier molecular flexibility index (Phi) is 4.48. The highest BCUT2D eigenvalue weighted by atomic mass is 16.3. The van der Waals surface area contributed by atoms with Crippen LogP contribution in [-0.2, 0) is 5.41 Å². The average molecular weight is 279 g/mol. The standard InChI is InChI=1S/C15H25N3O2/c1-15(2,3)13-10-12(16-17-13)14(20)18-8-5-4-6-11(18)7-9-19/h10-11,19H,4-9H2,1-3H3,(H,16,17). The molecule has 20 heavy (non-hydrogen) atoms. The first-order chi connectivity index (χ1) is 9.43. The molecule has 5 nitrogen and oxygen atoms in total. The average Bonchev–Trinajstić information content (AvgIpc) is 2.88. The molecule has 1 aliphatic heterocycles. The van der Waals surface area contributed by atoms with Crippen molar-refractivity contribution >= 4 is 5.91 Å². The fourth-order valence-corrected chi connectivity index (χ4v) is 2.68. The van der Waals surface area contributed by atoms with E-state index in [0.717, 1.165) is 31.5 Å². The minimum absolute atomic E-state index is 0.0186. The number of aliphatic hydroxyl groups is 1. The topological polar surface area (TPSA) is 69.2 Å². The maximum atomic E-state index is 12.6. The van der Waals surface area contributed by atoms with Crippen LogP contribution in [0.15, 0.2) is 6.07 Å². The van der Waals surface area contributed by atoms with Crippen LogP contribution < -0.4 is 0 Å². The third-order valence-electron chi connectivity index (χ3n) is 3.96. The van der Waals surface area contributed by atoms with E-state index < -0.39 is 0 Å². The molecule has 2 heterocycles. The Morgan fingerprint density at radius 3 is 2.85 bits per heavy atom. The Balaban J connectivity index is 2.15. The van der Waals surface area contributed by atoms with Crippen molar-refractivity contribution in [2.75, 3.05) is 13.2 Å². The van der Waals surface area contributed by atoms with Gasteiger partial charge in [-0.25, -0.2) is 0 Å². The van der Waals surface area contributed by atoms with Crippen LogP contribution in [0.1, 0.15) is 62.6 Å². The van der Waals surface area contributed by atoms with E-state index in [1.807, 2.05) is 11.0 Å². The molecular formula is C15H25N3O2. The monoisotopic (exact) mass is 279 g/mol. The number of likely N-dealkylation sites (tertiary alicyclic amines) is 1. The molecule has 1 aromatic heterocycles. The number of aromatic nitrogens is 2. The molecular weight excluding hydrogens is 254 g/mol. The number of rotatable bonds is 3. The van der Waals surface area contributed by atoms with Crippen LogP contribution in [0.5, 0.6) is 0 Å². The van der Waals surface area contributed by atoms with Crippen LogP contribution in [0, 0.1) is 0 Å². The zero-order valence-corrected chi connectivity index (χ0v) is 12.6. The maximum Gasteiger partial charge on any atom is 0.274 e. The third-order valence-corrected chi connectivity index (χ3v) is 3.96. The van der Waals surface area contributed by atoms with Crippen molar-refractivity contribution in [1.29, 1.82) is 0 Å². The van der Waals surface area contributed by atoms with Crippen LogP contribution in [0.4, 0.5) is 0 Å². The van der Waals surface area contributed by atoms with Gasteiger partial charge in [-0.05, 0) is 31.7 Å². The second-order valence-electron chi connectivity index (χ2n) is 6.58. The summed E-state index contributed by atoms with van der Waals surface area (Å²) in [7, 11) is 0. The number of hydrogen-bond donors (Lipinski definition) is 2. The van der Waals surface area contributed by atoms with Gasteiger partial charge < -0.3 is 10.0 Å². The van der Waals surface area contributed by atoms with Gasteiger partial charge in [0.05, 0.1) is 0 Å². The number of amides is 1. The molecule has 2 N–H and O–H groups in total. The molecule has 1 atom stereocenters. The summed E-state index contributed by atoms with van der Waals surface area (Å²) in [5.74, 6) is -0.0186. The predicted octanol–water partition coefficient (Wildman–Crippen LogP) is 2.08. The molecule has 0 saturated carbocycles. The van der Waals surface area contributed by atoms with Crippen molar-refractivity contribution in [1.82, 2.24) is 15.1 Å². The van der Waals surface area contributed by atoms with Crippen molar-refractivity contribution in [3.8, 4) is 0 Å². The predicted molar refractivity (Wildman–Crippen MR) is 77.7 cm³/mol. The number of nitrogens with one attached hydrogen (secondary N) is 1. The van der Waals surface area contributed by atoms with Gasteiger partial charge in [-0.3, -0.25) is 9.89 Å². The highest BCUT2D eigenvalue weighted by molar-refractivity contribution is 5.92. The van der Waals surface area contributed by atoms with Crippen LogP contribution >= 0.6 is 0 Å². The second-order valence-corrected chi connectivity index (χ2v) is 6.58. The zero-order valence-electron chi connectivity index (χ0n) is 12.6. The third kappa shape index (κ3) is 3.20. The highest BCUT2D eigenvalue weighted by Crippen LogP contribution is 2.24. The Morgan fingerprint density at radius 1 is 1.50 bits per heavy atom. The van der Waals surface area contributed by atoms with E-state index in [2.05, 4.69) is 31.0 Å². The molecule has 112 valence electrons. The van der Waals surface area contributed by atoms with Gasteiger partial charge in [-0.15, -0.1) is 0 Å². The van der Waals surface area contributed by atoms with E-state index in [0.29, 0.717) is 12.1 Å². The minimum Gasteiger partial charge on any atom is -0.396 e. The van der Waals surface area contributed by atoms with Gasteiger partial charge in [0.25, 0.3) is 5.91 Å². The first kappa shape index (κ1) is 15.0. The number of carbonyl (C=O) groups excluding carboxylic acids is 1. The Bertz CT molecular complexity index is 460. The molecule has 1 saturated heterocycles. The van der Waals surface area contributed by atoms with E-state index in [1.165, 1.54) is 0 Å². The number of hydrogen-bond acceptors (Lipinski definition) is 3. The number of aromatic amines is 1. The van der Waals surface area contributed by atoms with Gasteiger partial charge in [0.1, 0.15) is 5.69 Å². The van der Waals surface area contributed by atoms with Crippen molar-refractivity contribution < 1.29 is 9.90 Å². The lowest BCUT2D eigenvalue weighted by Gasteiger charge is -2.35. The largest absolute Gasteiger partial charge is 0.396 e. The lowest BCUT2D eigenvalue weighted by molar-refractivity contribution is 0.0568. The van der Waals surface area contributed by atoms with E-state index in [-0.39, 0.29) is 24.0 Å². The van der Waals surface area contributed by atoms with Crippen molar-refractivity contribution in [2.24, 2.45) is 0 Å². The molecule has 0 aliphatic carbocycles. The Morgan fingerprint density at radius 2 is 2.25 bits per heavy atom. The summed E-state index contributed by atoms with van der Waals surface area (Å²) in [6.45, 7) is 7.15. The number of H-pyrrole nitrogens is 1. The van der Waals surface area contributed by atoms with E-state index in [4.69, 9.17) is 5.11 Å². The summed E-state index contributed by atoms with van der Waals surface area (Å²) in [5.41, 5.74) is 1.41. The molecule has 1 aliphatic rings. The number of piperidine rings is 1. The van der Waals surface area contributed by atoms with Crippen molar-refractivity contribution in [3.05, 3.63) is 17.5 Å². The van der Waals surface area contributed by atoms with E-state index in [1.54, 1.807) is 0 Å². The van der Waals surface area contributed by atoms with Gasteiger partial charge in [-0.1, -0.05) is 20.8 Å². The molecule has 5 heteroatoms. The Labute approximate surface area is 120 Å². The molecule has 1 amide bonds. The fourth-order valence-electron chi connectivity index (χ4n) is 2.68. The second kappa shape index (κ2) is 5.95. The van der Waals surface area contributed by atoms with Crippen LogP contribution in [0.25, 0.3) is 0 Å². The SMILES string of the molecule is CC(C)(C)c1cc(C(=O)N2CCCCC2CCO)n[nH]1. The summed E-state index contributed by atoms with van der Waals surface area (Å²) in [5, 5.41) is 16.3. The van der Waals surface area contributed by atoms with Gasteiger partial charge in [0.2, 0.25) is 0 Å². The van der Waals surface area contributed by atoms with Crippen LogP contribution in [-0.4, -0.2) is 45.3 Å². The lowest BCUT2D eigenvalue weighted by Crippen LogP contribution is -2.44. The molecule has 2 rings (SSSR count). The fraction of sp³-hybridized carbons (Fsp3) is 0.733. The summed E-state index contributed by atoms with van der Waals surface area (Å²) in [4.78, 5) is 14.5. The van der Waals surface area contributed by atoms with E-state index in [9.17, 15) is 4.79 Å². The molecule has 1 aromatic rings. The summed E-state index contributed by atoms with van der Waals surface area (Å²) in [6, 6.07) is 2.00. The van der Waals surface area contributed by atoms with Crippen molar-refractivity contribution in [3.63, 3.8) is 0 Å². The molecule has 0 bridgehead atoms. The molecule has 0 spiro atoms. The summed E-state index contributed by atoms with van der Waals surface area (Å²) in [6.07, 6.45) is 3.79. The minimum atomic E-state index is -0.0437. The normalized spacial score (nSPS) is 20.2. The smallest absolute Gasteiger partial charge is 0.274 e. The van der Waals surface area contributed by atoms with Crippen LogP contribution in [0.2, 0.25) is 0 Å². The van der Waals surface area contributed by atoms with Gasteiger partial charge >= 0.3 is 0 Å². The highest BCUT2D eigenvalue weighted by Gasteiger charge is 2.29. The zero-order chi connectivity index (χ0) is 14.8.